The highest BCUT2D eigenvalue weighted by Gasteiger charge is 2.50. The van der Waals surface area contributed by atoms with Crippen LogP contribution in [-0.2, 0) is 16.0 Å². The molecule has 0 unspecified atom stereocenters. The maximum absolute atomic E-state index is 6.08. The molecule has 1 aromatic heterocycles. The summed E-state index contributed by atoms with van der Waals surface area (Å²) in [6.45, 7) is 6.65. The summed E-state index contributed by atoms with van der Waals surface area (Å²) in [5.74, 6) is 2.50. The molecule has 4 heteroatoms. The summed E-state index contributed by atoms with van der Waals surface area (Å²) in [4.78, 5) is 2.50. The van der Waals surface area contributed by atoms with Crippen LogP contribution in [0, 0.1) is 17.3 Å². The maximum Gasteiger partial charge on any atom is 0.117 e. The lowest BCUT2D eigenvalue weighted by molar-refractivity contribution is -0.00109. The van der Waals surface area contributed by atoms with Gasteiger partial charge in [-0.05, 0) is 30.9 Å². The van der Waals surface area contributed by atoms with E-state index in [4.69, 9.17) is 13.9 Å². The van der Waals surface area contributed by atoms with E-state index in [0.717, 1.165) is 57.7 Å². The minimum absolute atomic E-state index is 0.219. The van der Waals surface area contributed by atoms with E-state index in [1.165, 1.54) is 19.3 Å². The summed E-state index contributed by atoms with van der Waals surface area (Å²) in [5.41, 5.74) is 0.219. The van der Waals surface area contributed by atoms with Gasteiger partial charge in [0.15, 0.2) is 0 Å². The van der Waals surface area contributed by atoms with Gasteiger partial charge in [0, 0.05) is 31.0 Å². The first-order valence-corrected chi connectivity index (χ1v) is 8.24. The van der Waals surface area contributed by atoms with Crippen molar-refractivity contribution in [1.82, 2.24) is 4.90 Å². The van der Waals surface area contributed by atoms with Crippen LogP contribution in [0.3, 0.4) is 0 Å². The fourth-order valence-electron chi connectivity index (χ4n) is 3.98. The van der Waals surface area contributed by atoms with E-state index in [9.17, 15) is 0 Å². The van der Waals surface area contributed by atoms with Gasteiger partial charge in [-0.3, -0.25) is 4.90 Å². The maximum atomic E-state index is 6.08. The van der Waals surface area contributed by atoms with Crippen LogP contribution in [0.5, 0.6) is 0 Å². The van der Waals surface area contributed by atoms with Gasteiger partial charge in [-0.15, -0.1) is 0 Å². The van der Waals surface area contributed by atoms with Gasteiger partial charge in [-0.2, -0.15) is 0 Å². The van der Waals surface area contributed by atoms with Crippen LogP contribution in [0.15, 0.2) is 22.8 Å². The van der Waals surface area contributed by atoms with Crippen molar-refractivity contribution < 1.29 is 13.9 Å². The van der Waals surface area contributed by atoms with Crippen LogP contribution in [0.1, 0.15) is 25.0 Å². The Kier molecular flexibility index (Phi) is 3.78. The highest BCUT2D eigenvalue weighted by molar-refractivity contribution is 5.04. The molecule has 21 heavy (non-hydrogen) atoms. The van der Waals surface area contributed by atoms with E-state index in [2.05, 4.69) is 11.0 Å². The van der Waals surface area contributed by atoms with Crippen LogP contribution in [0.2, 0.25) is 0 Å². The van der Waals surface area contributed by atoms with Crippen molar-refractivity contribution in [2.24, 2.45) is 17.3 Å². The summed E-state index contributed by atoms with van der Waals surface area (Å²) in [6.07, 6.45) is 5.86. The molecule has 4 rings (SSSR count). The average Bonchev–Trinajstić information content (AvgIpc) is 3.08. The number of furan rings is 1. The Hall–Kier alpha value is -0.840. The third-order valence-corrected chi connectivity index (χ3v) is 5.52. The van der Waals surface area contributed by atoms with Crippen molar-refractivity contribution in [3.05, 3.63) is 24.2 Å². The Labute approximate surface area is 126 Å². The molecule has 0 radical (unpaired) electrons. The largest absolute Gasteiger partial charge is 0.468 e. The van der Waals surface area contributed by atoms with Crippen molar-refractivity contribution >= 4 is 0 Å². The second-order valence-corrected chi connectivity index (χ2v) is 7.14. The van der Waals surface area contributed by atoms with Crippen LogP contribution >= 0.6 is 0 Å². The lowest BCUT2D eigenvalue weighted by atomic mass is 9.81. The molecule has 0 amide bonds. The van der Waals surface area contributed by atoms with Crippen LogP contribution in [0.25, 0.3) is 0 Å². The number of hydrogen-bond donors (Lipinski definition) is 0. The van der Waals surface area contributed by atoms with Crippen molar-refractivity contribution in [3.63, 3.8) is 0 Å². The normalized spacial score (nSPS) is 33.2. The fraction of sp³-hybridized carbons (Fsp3) is 0.765. The first kappa shape index (κ1) is 13.8. The highest BCUT2D eigenvalue weighted by atomic mass is 16.5. The monoisotopic (exact) mass is 291 g/mol. The Morgan fingerprint density at radius 1 is 1.38 bits per heavy atom. The Bertz CT molecular complexity index is 457. The molecule has 0 N–H and O–H groups in total. The second-order valence-electron chi connectivity index (χ2n) is 7.14. The molecule has 3 fully saturated rings. The molecule has 4 nitrogen and oxygen atoms in total. The third-order valence-electron chi connectivity index (χ3n) is 5.52. The summed E-state index contributed by atoms with van der Waals surface area (Å²) < 4.78 is 17.3. The van der Waals surface area contributed by atoms with Gasteiger partial charge < -0.3 is 13.9 Å². The van der Waals surface area contributed by atoms with Crippen molar-refractivity contribution in [2.45, 2.75) is 25.8 Å². The molecule has 2 saturated heterocycles. The molecule has 0 spiro atoms. The lowest BCUT2D eigenvalue weighted by Gasteiger charge is -2.30. The minimum atomic E-state index is 0.219. The van der Waals surface area contributed by atoms with Crippen molar-refractivity contribution in [1.29, 1.82) is 0 Å². The van der Waals surface area contributed by atoms with Crippen LogP contribution in [0.4, 0.5) is 0 Å². The number of likely N-dealkylation sites (tertiary alicyclic amines) is 1. The predicted octanol–water partition coefficient (Wildman–Crippen LogP) is 2.54. The number of hydrogen-bond acceptors (Lipinski definition) is 4. The standard InChI is InChI=1S/C17H25NO3/c1-3-14(4-1)9-19-12-17-11-18(7-15(17)10-20-13-17)8-16-5-2-6-21-16/h2,5-6,14-15H,1,3-4,7-13H2/t15-,17-/m0/s1. The van der Waals surface area contributed by atoms with Gasteiger partial charge in [0.05, 0.1) is 32.6 Å². The number of ether oxygens (including phenoxy) is 2. The van der Waals surface area contributed by atoms with E-state index in [1.807, 2.05) is 6.07 Å². The molecular weight excluding hydrogens is 266 g/mol. The zero-order valence-corrected chi connectivity index (χ0v) is 12.6. The first-order chi connectivity index (χ1) is 10.3. The number of rotatable bonds is 6. The van der Waals surface area contributed by atoms with Gasteiger partial charge in [0.2, 0.25) is 0 Å². The zero-order valence-electron chi connectivity index (χ0n) is 12.6. The van der Waals surface area contributed by atoms with E-state index in [1.54, 1.807) is 6.26 Å². The van der Waals surface area contributed by atoms with Gasteiger partial charge in [-0.1, -0.05) is 6.42 Å². The molecule has 2 atom stereocenters. The SMILES string of the molecule is c1coc(CN2C[C@H]3COC[C@@]3(COCC3CCC3)C2)c1. The van der Waals surface area contributed by atoms with Gasteiger partial charge in [0.1, 0.15) is 5.76 Å². The minimum Gasteiger partial charge on any atom is -0.468 e. The first-order valence-electron chi connectivity index (χ1n) is 8.24. The second kappa shape index (κ2) is 5.75. The van der Waals surface area contributed by atoms with E-state index < -0.39 is 0 Å². The molecule has 116 valence electrons. The molecule has 1 aromatic rings. The van der Waals surface area contributed by atoms with Gasteiger partial charge in [0.25, 0.3) is 0 Å². The summed E-state index contributed by atoms with van der Waals surface area (Å²) in [6, 6.07) is 4.03. The number of nitrogens with zero attached hydrogens (tertiary/aromatic N) is 1. The molecular formula is C17H25NO3. The quantitative estimate of drug-likeness (QED) is 0.807. The number of fused-ring (bicyclic) bond motifs is 1. The molecule has 3 heterocycles. The molecule has 1 saturated carbocycles. The predicted molar refractivity (Wildman–Crippen MR) is 78.9 cm³/mol. The molecule has 0 bridgehead atoms. The molecule has 1 aliphatic carbocycles. The van der Waals surface area contributed by atoms with Gasteiger partial charge >= 0.3 is 0 Å². The zero-order chi connectivity index (χ0) is 14.1. The smallest absolute Gasteiger partial charge is 0.117 e. The molecule has 2 aliphatic heterocycles. The highest BCUT2D eigenvalue weighted by Crippen LogP contribution is 2.42. The summed E-state index contributed by atoms with van der Waals surface area (Å²) in [5, 5.41) is 0. The van der Waals surface area contributed by atoms with Crippen LogP contribution in [-0.4, -0.2) is 44.4 Å². The van der Waals surface area contributed by atoms with Crippen molar-refractivity contribution in [2.75, 3.05) is 39.5 Å². The van der Waals surface area contributed by atoms with E-state index in [0.29, 0.717) is 5.92 Å². The Balaban J connectivity index is 1.33. The Morgan fingerprint density at radius 3 is 3.10 bits per heavy atom. The van der Waals surface area contributed by atoms with Crippen LogP contribution < -0.4 is 0 Å². The summed E-state index contributed by atoms with van der Waals surface area (Å²) >= 11 is 0. The van der Waals surface area contributed by atoms with E-state index in [-0.39, 0.29) is 5.41 Å². The lowest BCUT2D eigenvalue weighted by Crippen LogP contribution is -2.36. The third kappa shape index (κ3) is 2.77. The van der Waals surface area contributed by atoms with E-state index >= 15 is 0 Å². The summed E-state index contributed by atoms with van der Waals surface area (Å²) in [7, 11) is 0. The van der Waals surface area contributed by atoms with Gasteiger partial charge in [-0.25, -0.2) is 0 Å². The fourth-order valence-corrected chi connectivity index (χ4v) is 3.98. The average molecular weight is 291 g/mol. The molecule has 0 aromatic carbocycles. The Morgan fingerprint density at radius 2 is 2.33 bits per heavy atom. The topological polar surface area (TPSA) is 34.8 Å². The molecule has 3 aliphatic rings. The van der Waals surface area contributed by atoms with Crippen molar-refractivity contribution in [3.8, 4) is 0 Å².